The van der Waals surface area contributed by atoms with Crippen molar-refractivity contribution < 1.29 is 19.0 Å². The molecule has 1 heterocycles. The SMILES string of the molecule is CNC(=O)Oc1cccc2c1OC(C)(C)OC2C. The van der Waals surface area contributed by atoms with E-state index in [1.54, 1.807) is 12.1 Å². The van der Waals surface area contributed by atoms with E-state index in [0.717, 1.165) is 5.56 Å². The van der Waals surface area contributed by atoms with E-state index >= 15 is 0 Å². The minimum absolute atomic E-state index is 0.114. The molecule has 1 amide bonds. The molecule has 0 aromatic heterocycles. The molecule has 1 aliphatic heterocycles. The van der Waals surface area contributed by atoms with Gasteiger partial charge in [0, 0.05) is 26.5 Å². The molecule has 1 aromatic rings. The second-order valence-corrected chi connectivity index (χ2v) is 4.58. The van der Waals surface area contributed by atoms with E-state index in [4.69, 9.17) is 14.2 Å². The van der Waals surface area contributed by atoms with Crippen LogP contribution in [0.2, 0.25) is 0 Å². The summed E-state index contributed by atoms with van der Waals surface area (Å²) in [7, 11) is 1.51. The lowest BCUT2D eigenvalue weighted by Crippen LogP contribution is -2.37. The number of fused-ring (bicyclic) bond motifs is 1. The topological polar surface area (TPSA) is 56.8 Å². The second kappa shape index (κ2) is 4.49. The Balaban J connectivity index is 2.39. The Kier molecular flexibility index (Phi) is 3.17. The summed E-state index contributed by atoms with van der Waals surface area (Å²) in [5.41, 5.74) is 0.871. The number of hydrogen-bond acceptors (Lipinski definition) is 4. The van der Waals surface area contributed by atoms with E-state index in [0.29, 0.717) is 11.5 Å². The first-order chi connectivity index (χ1) is 8.43. The van der Waals surface area contributed by atoms with Gasteiger partial charge in [-0.1, -0.05) is 12.1 Å². The fraction of sp³-hybridized carbons (Fsp3) is 0.462. The van der Waals surface area contributed by atoms with Crippen molar-refractivity contribution in [1.29, 1.82) is 0 Å². The molecule has 18 heavy (non-hydrogen) atoms. The quantitative estimate of drug-likeness (QED) is 0.833. The molecule has 5 nitrogen and oxygen atoms in total. The van der Waals surface area contributed by atoms with Gasteiger partial charge in [0.15, 0.2) is 11.5 Å². The molecule has 5 heteroatoms. The highest BCUT2D eigenvalue weighted by Crippen LogP contribution is 2.43. The Hall–Kier alpha value is -1.75. The van der Waals surface area contributed by atoms with Gasteiger partial charge in [-0.25, -0.2) is 4.79 Å². The molecular weight excluding hydrogens is 234 g/mol. The number of nitrogens with one attached hydrogen (secondary N) is 1. The molecule has 0 fully saturated rings. The number of benzene rings is 1. The van der Waals surface area contributed by atoms with E-state index in [2.05, 4.69) is 5.32 Å². The first-order valence-electron chi connectivity index (χ1n) is 5.82. The Morgan fingerprint density at radius 2 is 2.17 bits per heavy atom. The van der Waals surface area contributed by atoms with Gasteiger partial charge in [-0.2, -0.15) is 0 Å². The van der Waals surface area contributed by atoms with Crippen LogP contribution in [0.3, 0.4) is 0 Å². The summed E-state index contributed by atoms with van der Waals surface area (Å²) in [6.45, 7) is 5.58. The fourth-order valence-electron chi connectivity index (χ4n) is 1.95. The van der Waals surface area contributed by atoms with Crippen LogP contribution >= 0.6 is 0 Å². The lowest BCUT2D eigenvalue weighted by Gasteiger charge is -2.36. The standard InChI is InChI=1S/C13H17NO4/c1-8-9-6-5-7-10(16-12(15)14-4)11(9)18-13(2,3)17-8/h5-8H,1-4H3,(H,14,15). The first-order valence-corrected chi connectivity index (χ1v) is 5.82. The number of carbonyl (C=O) groups excluding carboxylic acids is 1. The van der Waals surface area contributed by atoms with Crippen LogP contribution in [-0.2, 0) is 4.74 Å². The zero-order chi connectivity index (χ0) is 13.3. The Labute approximate surface area is 106 Å². The Morgan fingerprint density at radius 3 is 2.83 bits per heavy atom. The van der Waals surface area contributed by atoms with Gasteiger partial charge in [-0.15, -0.1) is 0 Å². The van der Waals surface area contributed by atoms with Crippen LogP contribution in [-0.4, -0.2) is 18.9 Å². The van der Waals surface area contributed by atoms with Crippen LogP contribution in [0.4, 0.5) is 4.79 Å². The number of carbonyl (C=O) groups is 1. The molecule has 0 spiro atoms. The van der Waals surface area contributed by atoms with Gasteiger partial charge < -0.3 is 19.5 Å². The van der Waals surface area contributed by atoms with Gasteiger partial charge in [0.1, 0.15) is 0 Å². The lowest BCUT2D eigenvalue weighted by molar-refractivity contribution is -0.202. The number of para-hydroxylation sites is 1. The van der Waals surface area contributed by atoms with Gasteiger partial charge >= 0.3 is 6.09 Å². The molecule has 1 aromatic carbocycles. The average Bonchev–Trinajstić information content (AvgIpc) is 2.29. The number of rotatable bonds is 1. The van der Waals surface area contributed by atoms with Gasteiger partial charge in [-0.3, -0.25) is 0 Å². The van der Waals surface area contributed by atoms with E-state index in [1.807, 2.05) is 26.8 Å². The Morgan fingerprint density at radius 1 is 1.44 bits per heavy atom. The third-order valence-electron chi connectivity index (χ3n) is 2.66. The van der Waals surface area contributed by atoms with Crippen LogP contribution in [0.1, 0.15) is 32.4 Å². The zero-order valence-corrected chi connectivity index (χ0v) is 10.9. The minimum atomic E-state index is -0.741. The monoisotopic (exact) mass is 251 g/mol. The van der Waals surface area contributed by atoms with Crippen molar-refractivity contribution in [2.24, 2.45) is 0 Å². The van der Waals surface area contributed by atoms with Crippen molar-refractivity contribution in [1.82, 2.24) is 5.32 Å². The molecule has 1 unspecified atom stereocenters. The lowest BCUT2D eigenvalue weighted by atomic mass is 10.1. The summed E-state index contributed by atoms with van der Waals surface area (Å²) < 4.78 is 16.6. The van der Waals surface area contributed by atoms with Crippen molar-refractivity contribution in [3.8, 4) is 11.5 Å². The van der Waals surface area contributed by atoms with Crippen LogP contribution in [0.5, 0.6) is 11.5 Å². The molecule has 0 bridgehead atoms. The normalized spacial score (nSPS) is 20.6. The van der Waals surface area contributed by atoms with Crippen molar-refractivity contribution in [3.63, 3.8) is 0 Å². The summed E-state index contributed by atoms with van der Waals surface area (Å²) in [6, 6.07) is 5.40. The molecule has 0 radical (unpaired) electrons. The third-order valence-corrected chi connectivity index (χ3v) is 2.66. The highest BCUT2D eigenvalue weighted by atomic mass is 16.7. The molecule has 0 saturated heterocycles. The Bertz CT molecular complexity index is 470. The first kappa shape index (κ1) is 12.7. The van der Waals surface area contributed by atoms with Gasteiger partial charge in [-0.05, 0) is 13.0 Å². The van der Waals surface area contributed by atoms with Gasteiger partial charge in [0.2, 0.25) is 5.79 Å². The predicted molar refractivity (Wildman–Crippen MR) is 65.7 cm³/mol. The van der Waals surface area contributed by atoms with Crippen molar-refractivity contribution >= 4 is 6.09 Å². The summed E-state index contributed by atoms with van der Waals surface area (Å²) in [5.74, 6) is 0.217. The number of ether oxygens (including phenoxy) is 3. The summed E-state index contributed by atoms with van der Waals surface area (Å²) >= 11 is 0. The maximum absolute atomic E-state index is 11.3. The molecule has 0 aliphatic carbocycles. The highest BCUT2D eigenvalue weighted by Gasteiger charge is 2.34. The number of amides is 1. The summed E-state index contributed by atoms with van der Waals surface area (Å²) in [6.07, 6.45) is -0.638. The minimum Gasteiger partial charge on any atom is -0.459 e. The molecule has 98 valence electrons. The molecule has 2 rings (SSSR count). The van der Waals surface area contributed by atoms with Crippen molar-refractivity contribution in [2.75, 3.05) is 7.05 Å². The average molecular weight is 251 g/mol. The summed E-state index contributed by atoms with van der Waals surface area (Å²) in [5, 5.41) is 2.40. The molecule has 1 N–H and O–H groups in total. The van der Waals surface area contributed by atoms with Gasteiger partial charge in [0.25, 0.3) is 0 Å². The van der Waals surface area contributed by atoms with E-state index in [-0.39, 0.29) is 6.10 Å². The van der Waals surface area contributed by atoms with Gasteiger partial charge in [0.05, 0.1) is 6.10 Å². The van der Waals surface area contributed by atoms with E-state index < -0.39 is 11.9 Å². The molecule has 1 atom stereocenters. The van der Waals surface area contributed by atoms with Crippen LogP contribution in [0.15, 0.2) is 18.2 Å². The van der Waals surface area contributed by atoms with Crippen LogP contribution < -0.4 is 14.8 Å². The maximum Gasteiger partial charge on any atom is 0.412 e. The predicted octanol–water partition coefficient (Wildman–Crippen LogP) is 2.61. The fourth-order valence-corrected chi connectivity index (χ4v) is 1.95. The highest BCUT2D eigenvalue weighted by molar-refractivity contribution is 5.71. The molecule has 1 aliphatic rings. The van der Waals surface area contributed by atoms with Crippen molar-refractivity contribution in [2.45, 2.75) is 32.7 Å². The largest absolute Gasteiger partial charge is 0.459 e. The second-order valence-electron chi connectivity index (χ2n) is 4.58. The van der Waals surface area contributed by atoms with E-state index in [9.17, 15) is 4.79 Å². The van der Waals surface area contributed by atoms with Crippen LogP contribution in [0.25, 0.3) is 0 Å². The zero-order valence-electron chi connectivity index (χ0n) is 10.9. The van der Waals surface area contributed by atoms with E-state index in [1.165, 1.54) is 7.05 Å². The van der Waals surface area contributed by atoms with Crippen LogP contribution in [0, 0.1) is 0 Å². The smallest absolute Gasteiger partial charge is 0.412 e. The van der Waals surface area contributed by atoms with Crippen molar-refractivity contribution in [3.05, 3.63) is 23.8 Å². The number of hydrogen-bond donors (Lipinski definition) is 1. The maximum atomic E-state index is 11.3. The molecule has 0 saturated carbocycles. The summed E-state index contributed by atoms with van der Waals surface area (Å²) in [4.78, 5) is 11.3. The third kappa shape index (κ3) is 2.41. The molecular formula is C13H17NO4.